The second-order valence-electron chi connectivity index (χ2n) is 7.90. The number of pyridine rings is 1. The van der Waals surface area contributed by atoms with Gasteiger partial charge in [0.15, 0.2) is 0 Å². The lowest BCUT2D eigenvalue weighted by Crippen LogP contribution is -2.36. The highest BCUT2D eigenvalue weighted by molar-refractivity contribution is 5.85. The predicted molar refractivity (Wildman–Crippen MR) is 106 cm³/mol. The molecule has 0 saturated carbocycles. The molecule has 0 atom stereocenters. The van der Waals surface area contributed by atoms with E-state index in [9.17, 15) is 4.79 Å². The van der Waals surface area contributed by atoms with E-state index >= 15 is 0 Å². The van der Waals surface area contributed by atoms with Gasteiger partial charge in [-0.25, -0.2) is 4.98 Å². The zero-order valence-electron chi connectivity index (χ0n) is 15.5. The van der Waals surface area contributed by atoms with Crippen molar-refractivity contribution < 1.29 is 0 Å². The summed E-state index contributed by atoms with van der Waals surface area (Å²) in [7, 11) is 0. The average molecular weight is 345 g/mol. The minimum Gasteiger partial charge on any atom is -0.296 e. The summed E-state index contributed by atoms with van der Waals surface area (Å²) in [5, 5.41) is 0.694. The van der Waals surface area contributed by atoms with Crippen LogP contribution in [0, 0.1) is 5.41 Å². The highest BCUT2D eigenvalue weighted by Gasteiger charge is 2.27. The van der Waals surface area contributed by atoms with Crippen molar-refractivity contribution in [3.8, 4) is 0 Å². The van der Waals surface area contributed by atoms with Crippen molar-refractivity contribution in [1.29, 1.82) is 0 Å². The van der Waals surface area contributed by atoms with Crippen LogP contribution in [0.25, 0.3) is 22.6 Å². The lowest BCUT2D eigenvalue weighted by atomic mass is 9.85. The summed E-state index contributed by atoms with van der Waals surface area (Å²) in [5.74, 6) is 0.907. The molecule has 3 aromatic rings. The number of hydrogen-bond acceptors (Lipinski definition) is 3. The smallest absolute Gasteiger partial charge is 0.261 e. The van der Waals surface area contributed by atoms with Crippen molar-refractivity contribution in [1.82, 2.24) is 14.5 Å². The van der Waals surface area contributed by atoms with Gasteiger partial charge < -0.3 is 0 Å². The van der Waals surface area contributed by atoms with Crippen LogP contribution in [-0.2, 0) is 13.0 Å². The maximum absolute atomic E-state index is 12.9. The molecule has 4 rings (SSSR count). The normalized spacial score (nSPS) is 16.5. The Morgan fingerprint density at radius 2 is 2.08 bits per heavy atom. The Bertz CT molecular complexity index is 1060. The molecule has 132 valence electrons. The van der Waals surface area contributed by atoms with Gasteiger partial charge in [0, 0.05) is 19.2 Å². The SMILES string of the molecule is CC(=Cc1ccc2c(=O)n3c(nc2c1)CCC(C)(C)C3)c1ccccn1. The predicted octanol–water partition coefficient (Wildman–Crippen LogP) is 4.32. The first-order chi connectivity index (χ1) is 12.4. The average Bonchev–Trinajstić information content (AvgIpc) is 2.63. The van der Waals surface area contributed by atoms with E-state index < -0.39 is 0 Å². The fourth-order valence-electron chi connectivity index (χ4n) is 3.60. The number of benzene rings is 1. The Morgan fingerprint density at radius 3 is 2.85 bits per heavy atom. The first-order valence-electron chi connectivity index (χ1n) is 9.06. The van der Waals surface area contributed by atoms with Gasteiger partial charge >= 0.3 is 0 Å². The third-order valence-electron chi connectivity index (χ3n) is 5.12. The number of hydrogen-bond donors (Lipinski definition) is 0. The van der Waals surface area contributed by atoms with Crippen LogP contribution in [0.5, 0.6) is 0 Å². The Balaban J connectivity index is 1.78. The fourth-order valence-corrected chi connectivity index (χ4v) is 3.60. The van der Waals surface area contributed by atoms with Crippen molar-refractivity contribution in [2.75, 3.05) is 0 Å². The van der Waals surface area contributed by atoms with Crippen LogP contribution >= 0.6 is 0 Å². The van der Waals surface area contributed by atoms with Crippen LogP contribution in [0.15, 0.2) is 47.4 Å². The maximum Gasteiger partial charge on any atom is 0.261 e. The van der Waals surface area contributed by atoms with Gasteiger partial charge in [-0.15, -0.1) is 0 Å². The van der Waals surface area contributed by atoms with Crippen molar-refractivity contribution in [3.63, 3.8) is 0 Å². The largest absolute Gasteiger partial charge is 0.296 e. The Hall–Kier alpha value is -2.75. The van der Waals surface area contributed by atoms with E-state index in [2.05, 4.69) is 24.9 Å². The van der Waals surface area contributed by atoms with Crippen LogP contribution in [-0.4, -0.2) is 14.5 Å². The molecule has 1 aliphatic rings. The van der Waals surface area contributed by atoms with Crippen molar-refractivity contribution in [2.24, 2.45) is 5.41 Å². The Kier molecular flexibility index (Phi) is 3.98. The van der Waals surface area contributed by atoms with Gasteiger partial charge in [0.05, 0.1) is 16.6 Å². The van der Waals surface area contributed by atoms with Gasteiger partial charge in [-0.3, -0.25) is 14.3 Å². The molecule has 1 aliphatic heterocycles. The summed E-state index contributed by atoms with van der Waals surface area (Å²) in [4.78, 5) is 22.1. The van der Waals surface area contributed by atoms with Crippen LogP contribution in [0.2, 0.25) is 0 Å². The summed E-state index contributed by atoms with van der Waals surface area (Å²) < 4.78 is 1.86. The van der Waals surface area contributed by atoms with E-state index in [0.717, 1.165) is 47.6 Å². The molecule has 4 heteroatoms. The van der Waals surface area contributed by atoms with Crippen molar-refractivity contribution >= 4 is 22.6 Å². The van der Waals surface area contributed by atoms with E-state index in [4.69, 9.17) is 4.98 Å². The molecular formula is C22H23N3O. The highest BCUT2D eigenvalue weighted by Crippen LogP contribution is 2.29. The summed E-state index contributed by atoms with van der Waals surface area (Å²) in [6.45, 7) is 7.20. The molecule has 0 radical (unpaired) electrons. The molecule has 0 aliphatic carbocycles. The quantitative estimate of drug-likeness (QED) is 0.695. The molecule has 2 aromatic heterocycles. The third-order valence-corrected chi connectivity index (χ3v) is 5.12. The highest BCUT2D eigenvalue weighted by atomic mass is 16.1. The molecule has 0 unspecified atom stereocenters. The van der Waals surface area contributed by atoms with Crippen LogP contribution in [0.3, 0.4) is 0 Å². The van der Waals surface area contributed by atoms with Crippen LogP contribution in [0.1, 0.15) is 44.3 Å². The van der Waals surface area contributed by atoms with Crippen molar-refractivity contribution in [2.45, 2.75) is 40.2 Å². The van der Waals surface area contributed by atoms with E-state index in [1.165, 1.54) is 0 Å². The molecule has 0 spiro atoms. The number of aryl methyl sites for hydroxylation is 1. The molecule has 26 heavy (non-hydrogen) atoms. The molecule has 1 aromatic carbocycles. The molecule has 0 fully saturated rings. The summed E-state index contributed by atoms with van der Waals surface area (Å²) in [6.07, 6.45) is 5.79. The fraction of sp³-hybridized carbons (Fsp3) is 0.318. The minimum absolute atomic E-state index is 0.0785. The number of fused-ring (bicyclic) bond motifs is 2. The number of rotatable bonds is 2. The zero-order valence-corrected chi connectivity index (χ0v) is 15.5. The molecule has 0 saturated heterocycles. The monoisotopic (exact) mass is 345 g/mol. The van der Waals surface area contributed by atoms with Gasteiger partial charge in [0.25, 0.3) is 5.56 Å². The lowest BCUT2D eigenvalue weighted by molar-refractivity contribution is 0.240. The molecule has 0 amide bonds. The van der Waals surface area contributed by atoms with E-state index in [-0.39, 0.29) is 11.0 Å². The minimum atomic E-state index is 0.0785. The van der Waals surface area contributed by atoms with Gasteiger partial charge in [-0.05, 0) is 60.2 Å². The van der Waals surface area contributed by atoms with Gasteiger partial charge in [-0.1, -0.05) is 26.0 Å². The zero-order chi connectivity index (χ0) is 18.3. The van der Waals surface area contributed by atoms with Gasteiger partial charge in [0.2, 0.25) is 0 Å². The standard InChI is InChI=1S/C22H23N3O/c1-15(18-6-4-5-11-23-18)12-16-7-8-17-19(13-16)24-20-9-10-22(2,3)14-25(20)21(17)26/h4-8,11-13H,9-10,14H2,1-3H3. The van der Waals surface area contributed by atoms with E-state index in [1.54, 1.807) is 6.20 Å². The summed E-state index contributed by atoms with van der Waals surface area (Å²) in [6, 6.07) is 11.8. The molecule has 0 N–H and O–H groups in total. The second-order valence-corrected chi connectivity index (χ2v) is 7.90. The summed E-state index contributed by atoms with van der Waals surface area (Å²) in [5.41, 5.74) is 4.08. The third kappa shape index (κ3) is 3.07. The number of nitrogens with zero attached hydrogens (tertiary/aromatic N) is 3. The Morgan fingerprint density at radius 1 is 1.23 bits per heavy atom. The second kappa shape index (κ2) is 6.20. The first-order valence-corrected chi connectivity index (χ1v) is 9.06. The maximum atomic E-state index is 12.9. The Labute approximate surface area is 153 Å². The molecule has 0 bridgehead atoms. The number of aromatic nitrogens is 3. The van der Waals surface area contributed by atoms with E-state index in [0.29, 0.717) is 5.39 Å². The van der Waals surface area contributed by atoms with Gasteiger partial charge in [0.1, 0.15) is 5.82 Å². The number of allylic oxidation sites excluding steroid dienone is 1. The molecule has 4 nitrogen and oxygen atoms in total. The van der Waals surface area contributed by atoms with E-state index in [1.807, 2.05) is 47.9 Å². The van der Waals surface area contributed by atoms with Gasteiger partial charge in [-0.2, -0.15) is 0 Å². The molecule has 3 heterocycles. The summed E-state index contributed by atoms with van der Waals surface area (Å²) >= 11 is 0. The first kappa shape index (κ1) is 16.7. The van der Waals surface area contributed by atoms with Crippen LogP contribution in [0.4, 0.5) is 0 Å². The van der Waals surface area contributed by atoms with Crippen LogP contribution < -0.4 is 5.56 Å². The molecular weight excluding hydrogens is 322 g/mol. The topological polar surface area (TPSA) is 47.8 Å². The van der Waals surface area contributed by atoms with Crippen molar-refractivity contribution in [3.05, 3.63) is 70.0 Å². The lowest BCUT2D eigenvalue weighted by Gasteiger charge is -2.31.